The normalized spacial score (nSPS) is 30.6. The predicted molar refractivity (Wildman–Crippen MR) is 70.5 cm³/mol. The smallest absolute Gasteiger partial charge is 0.0701 e. The Balaban J connectivity index is 2.56. The number of hydrogen-bond donors (Lipinski definition) is 1. The predicted octanol–water partition coefficient (Wildman–Crippen LogP) is 4.53. The molecule has 0 saturated heterocycles. The van der Waals surface area contributed by atoms with Crippen LogP contribution in [0.15, 0.2) is 0 Å². The lowest BCUT2D eigenvalue weighted by Crippen LogP contribution is -2.41. The molecule has 0 aromatic heterocycles. The van der Waals surface area contributed by atoms with E-state index in [2.05, 4.69) is 27.7 Å². The lowest BCUT2D eigenvalue weighted by Gasteiger charge is -2.39. The molecule has 1 saturated carbocycles. The van der Waals surface area contributed by atoms with Crippen LogP contribution in [0, 0.1) is 11.3 Å². The molecule has 16 heavy (non-hydrogen) atoms. The zero-order valence-corrected chi connectivity index (χ0v) is 11.7. The second-order valence-corrected chi connectivity index (χ2v) is 6.39. The van der Waals surface area contributed by atoms with Crippen LogP contribution < -0.4 is 0 Å². The average molecular weight is 226 g/mol. The second-order valence-electron chi connectivity index (χ2n) is 6.39. The third-order valence-corrected chi connectivity index (χ3v) is 4.82. The molecule has 1 aliphatic rings. The van der Waals surface area contributed by atoms with Crippen LogP contribution in [-0.4, -0.2) is 10.7 Å². The van der Waals surface area contributed by atoms with Crippen LogP contribution in [0.2, 0.25) is 0 Å². The van der Waals surface area contributed by atoms with E-state index >= 15 is 0 Å². The van der Waals surface area contributed by atoms with Crippen LogP contribution in [0.4, 0.5) is 0 Å². The molecule has 0 heterocycles. The van der Waals surface area contributed by atoms with Gasteiger partial charge in [0.15, 0.2) is 0 Å². The van der Waals surface area contributed by atoms with Gasteiger partial charge in [-0.05, 0) is 37.0 Å². The molecule has 0 spiro atoms. The van der Waals surface area contributed by atoms with Crippen LogP contribution in [0.1, 0.15) is 79.1 Å². The number of unbranched alkanes of at least 4 members (excludes halogenated alkanes) is 1. The van der Waals surface area contributed by atoms with Gasteiger partial charge in [0.25, 0.3) is 0 Å². The molecule has 96 valence electrons. The molecule has 1 N–H and O–H groups in total. The maximum Gasteiger partial charge on any atom is 0.0701 e. The third-order valence-electron chi connectivity index (χ3n) is 4.82. The molecule has 0 radical (unpaired) electrons. The third kappa shape index (κ3) is 3.00. The second kappa shape index (κ2) is 5.53. The lowest BCUT2D eigenvalue weighted by molar-refractivity contribution is -0.0624. The molecule has 1 heteroatoms. The molecule has 1 nitrogen and oxygen atoms in total. The van der Waals surface area contributed by atoms with Crippen molar-refractivity contribution >= 4 is 0 Å². The Bertz CT molecular complexity index is 209. The van der Waals surface area contributed by atoms with E-state index in [1.165, 1.54) is 38.5 Å². The largest absolute Gasteiger partial charge is 0.389 e. The van der Waals surface area contributed by atoms with Crippen molar-refractivity contribution < 1.29 is 5.11 Å². The van der Waals surface area contributed by atoms with Crippen LogP contribution in [0.25, 0.3) is 0 Å². The van der Waals surface area contributed by atoms with Gasteiger partial charge in [-0.2, -0.15) is 0 Å². The zero-order valence-electron chi connectivity index (χ0n) is 11.7. The molecular weight excluding hydrogens is 196 g/mol. The van der Waals surface area contributed by atoms with Crippen molar-refractivity contribution in [1.82, 2.24) is 0 Å². The standard InChI is InChI=1S/C15H30O/c1-5-7-9-13(6-2)12-15(16)11-8-10-14(15,3)4/h13,16H,5-12H2,1-4H3. The minimum absolute atomic E-state index is 0.132. The fourth-order valence-corrected chi connectivity index (χ4v) is 3.19. The van der Waals surface area contributed by atoms with Gasteiger partial charge < -0.3 is 5.11 Å². The first-order valence-electron chi connectivity index (χ1n) is 7.17. The summed E-state index contributed by atoms with van der Waals surface area (Å²) in [5.74, 6) is 0.724. The molecule has 0 aliphatic heterocycles. The number of aliphatic hydroxyl groups is 1. The van der Waals surface area contributed by atoms with Crippen LogP contribution in [-0.2, 0) is 0 Å². The highest BCUT2D eigenvalue weighted by atomic mass is 16.3. The minimum atomic E-state index is -0.387. The van der Waals surface area contributed by atoms with E-state index < -0.39 is 0 Å². The Labute approximate surface area is 102 Å². The molecule has 1 aliphatic carbocycles. The molecule has 2 unspecified atom stereocenters. The Hall–Kier alpha value is -0.0400. The van der Waals surface area contributed by atoms with Crippen molar-refractivity contribution in [3.05, 3.63) is 0 Å². The van der Waals surface area contributed by atoms with E-state index in [-0.39, 0.29) is 11.0 Å². The van der Waals surface area contributed by atoms with E-state index in [0.29, 0.717) is 0 Å². The Morgan fingerprint density at radius 1 is 1.19 bits per heavy atom. The van der Waals surface area contributed by atoms with E-state index in [4.69, 9.17) is 0 Å². The highest BCUT2D eigenvalue weighted by Crippen LogP contribution is 2.49. The fraction of sp³-hybridized carbons (Fsp3) is 1.00. The van der Waals surface area contributed by atoms with Gasteiger partial charge >= 0.3 is 0 Å². The summed E-state index contributed by atoms with van der Waals surface area (Å²) in [7, 11) is 0. The molecule has 2 atom stereocenters. The fourth-order valence-electron chi connectivity index (χ4n) is 3.19. The van der Waals surface area contributed by atoms with E-state index in [1.807, 2.05) is 0 Å². The summed E-state index contributed by atoms with van der Waals surface area (Å²) in [4.78, 5) is 0. The Kier molecular flexibility index (Phi) is 4.85. The highest BCUT2D eigenvalue weighted by Gasteiger charge is 2.47. The Morgan fingerprint density at radius 3 is 2.31 bits per heavy atom. The van der Waals surface area contributed by atoms with Crippen molar-refractivity contribution in [3.8, 4) is 0 Å². The SMILES string of the molecule is CCCCC(CC)CC1(O)CCCC1(C)C. The average Bonchev–Trinajstić information content (AvgIpc) is 2.48. The first kappa shape index (κ1) is 14.0. The van der Waals surface area contributed by atoms with Gasteiger partial charge in [0, 0.05) is 0 Å². The van der Waals surface area contributed by atoms with Gasteiger partial charge in [-0.1, -0.05) is 53.4 Å². The van der Waals surface area contributed by atoms with Crippen molar-refractivity contribution in [1.29, 1.82) is 0 Å². The topological polar surface area (TPSA) is 20.2 Å². The van der Waals surface area contributed by atoms with E-state index in [0.717, 1.165) is 18.8 Å². The maximum atomic E-state index is 10.8. The first-order valence-corrected chi connectivity index (χ1v) is 7.17. The van der Waals surface area contributed by atoms with Gasteiger partial charge in [-0.3, -0.25) is 0 Å². The van der Waals surface area contributed by atoms with Crippen molar-refractivity contribution in [2.75, 3.05) is 0 Å². The molecular formula is C15H30O. The monoisotopic (exact) mass is 226 g/mol. The summed E-state index contributed by atoms with van der Waals surface area (Å²) >= 11 is 0. The lowest BCUT2D eigenvalue weighted by atomic mass is 9.72. The quantitative estimate of drug-likeness (QED) is 0.705. The van der Waals surface area contributed by atoms with Crippen molar-refractivity contribution in [2.45, 2.75) is 84.7 Å². The van der Waals surface area contributed by atoms with E-state index in [1.54, 1.807) is 0 Å². The van der Waals surface area contributed by atoms with Gasteiger partial charge in [0.2, 0.25) is 0 Å². The highest BCUT2D eigenvalue weighted by molar-refractivity contribution is 4.99. The summed E-state index contributed by atoms with van der Waals surface area (Å²) < 4.78 is 0. The summed E-state index contributed by atoms with van der Waals surface area (Å²) in [5.41, 5.74) is -0.256. The van der Waals surface area contributed by atoms with Crippen molar-refractivity contribution in [3.63, 3.8) is 0 Å². The van der Waals surface area contributed by atoms with Gasteiger partial charge in [-0.25, -0.2) is 0 Å². The number of rotatable bonds is 6. The molecule has 0 bridgehead atoms. The molecule has 0 aromatic carbocycles. The summed E-state index contributed by atoms with van der Waals surface area (Å²) in [6, 6.07) is 0. The molecule has 1 fully saturated rings. The van der Waals surface area contributed by atoms with Gasteiger partial charge in [0.05, 0.1) is 5.60 Å². The van der Waals surface area contributed by atoms with Crippen molar-refractivity contribution in [2.24, 2.45) is 11.3 Å². The zero-order chi connectivity index (χ0) is 12.2. The molecule has 0 amide bonds. The van der Waals surface area contributed by atoms with Crippen LogP contribution >= 0.6 is 0 Å². The van der Waals surface area contributed by atoms with E-state index in [9.17, 15) is 5.11 Å². The van der Waals surface area contributed by atoms with Gasteiger partial charge in [-0.15, -0.1) is 0 Å². The Morgan fingerprint density at radius 2 is 1.88 bits per heavy atom. The molecule has 0 aromatic rings. The van der Waals surface area contributed by atoms with Gasteiger partial charge in [0.1, 0.15) is 0 Å². The first-order chi connectivity index (χ1) is 7.45. The summed E-state index contributed by atoms with van der Waals surface area (Å²) in [5, 5.41) is 10.8. The summed E-state index contributed by atoms with van der Waals surface area (Å²) in [6.07, 6.45) is 9.54. The minimum Gasteiger partial charge on any atom is -0.389 e. The van der Waals surface area contributed by atoms with Crippen LogP contribution in [0.5, 0.6) is 0 Å². The molecule has 1 rings (SSSR count). The maximum absolute atomic E-state index is 10.8. The van der Waals surface area contributed by atoms with Crippen LogP contribution in [0.3, 0.4) is 0 Å². The summed E-state index contributed by atoms with van der Waals surface area (Å²) in [6.45, 7) is 9.01. The number of hydrogen-bond acceptors (Lipinski definition) is 1.